The first kappa shape index (κ1) is 14.1. The second-order valence-corrected chi connectivity index (χ2v) is 6.13. The Bertz CT molecular complexity index is 637. The Morgan fingerprint density at radius 2 is 1.71 bits per heavy atom. The summed E-state index contributed by atoms with van der Waals surface area (Å²) in [6.07, 6.45) is 0. The van der Waals surface area contributed by atoms with Crippen molar-refractivity contribution in [3.05, 3.63) is 48.0 Å². The highest BCUT2D eigenvalue weighted by molar-refractivity contribution is 6.07. The molecule has 1 aliphatic rings. The monoisotopic (exact) mass is 283 g/mol. The van der Waals surface area contributed by atoms with Crippen LogP contribution in [0.25, 0.3) is 10.8 Å². The van der Waals surface area contributed by atoms with E-state index in [0.29, 0.717) is 6.04 Å². The van der Waals surface area contributed by atoms with Gasteiger partial charge in [-0.25, -0.2) is 0 Å². The highest BCUT2D eigenvalue weighted by atomic mass is 16.2. The fourth-order valence-electron chi connectivity index (χ4n) is 3.16. The van der Waals surface area contributed by atoms with E-state index < -0.39 is 0 Å². The largest absolute Gasteiger partial charge is 0.330 e. The summed E-state index contributed by atoms with van der Waals surface area (Å²) < 4.78 is 0. The topological polar surface area (TPSA) is 24.8 Å². The Morgan fingerprint density at radius 3 is 2.43 bits per heavy atom. The van der Waals surface area contributed by atoms with Crippen molar-refractivity contribution in [2.24, 2.45) is 0 Å². The van der Waals surface area contributed by atoms with Crippen LogP contribution in [0.5, 0.6) is 0 Å². The Hall–Kier alpha value is -1.87. The van der Waals surface area contributed by atoms with Gasteiger partial charge in [0, 0.05) is 5.56 Å². The van der Waals surface area contributed by atoms with Gasteiger partial charge in [0.2, 0.25) is 0 Å². The number of nitrogens with zero attached hydrogens (tertiary/aromatic N) is 1. The lowest BCUT2D eigenvalue weighted by Gasteiger charge is -2.34. The molecule has 0 radical (unpaired) electrons. The molecule has 1 N–H and O–H groups in total. The molecule has 0 saturated carbocycles. The normalized spacial score (nSPS) is 16.6. The molecule has 0 unspecified atom stereocenters. The minimum atomic E-state index is 0.176. The summed E-state index contributed by atoms with van der Waals surface area (Å²) in [5, 5.41) is 2.19. The maximum Gasteiger partial charge on any atom is 0.254 e. The number of hydrogen-bond donors (Lipinski definition) is 1. The number of carbonyl (C=O) groups excluding carboxylic acids is 1. The van der Waals surface area contributed by atoms with Crippen LogP contribution in [-0.2, 0) is 0 Å². The molecule has 1 heterocycles. The number of carbonyl (C=O) groups is 1. The highest BCUT2D eigenvalue weighted by Gasteiger charge is 2.26. The number of nitrogens with one attached hydrogen (secondary N) is 1. The number of hydrogen-bond acceptors (Lipinski definition) is 1. The van der Waals surface area contributed by atoms with E-state index in [1.54, 1.807) is 4.90 Å². The fourth-order valence-corrected chi connectivity index (χ4v) is 3.16. The van der Waals surface area contributed by atoms with Crippen molar-refractivity contribution in [3.63, 3.8) is 0 Å². The molecule has 1 fully saturated rings. The third kappa shape index (κ3) is 2.79. The molecule has 1 amide bonds. The third-order valence-corrected chi connectivity index (χ3v) is 4.53. The Morgan fingerprint density at radius 1 is 1.05 bits per heavy atom. The molecule has 0 bridgehead atoms. The number of amides is 1. The second-order valence-electron chi connectivity index (χ2n) is 6.13. The predicted octanol–water partition coefficient (Wildman–Crippen LogP) is 1.59. The molecule has 1 saturated heterocycles. The minimum absolute atomic E-state index is 0.176. The molecule has 21 heavy (non-hydrogen) atoms. The number of fused-ring (bicyclic) bond motifs is 1. The van der Waals surface area contributed by atoms with E-state index >= 15 is 0 Å². The maximum atomic E-state index is 12.8. The van der Waals surface area contributed by atoms with E-state index in [0.717, 1.165) is 42.5 Å². The molecular formula is C18H23N2O+. The molecule has 110 valence electrons. The smallest absolute Gasteiger partial charge is 0.254 e. The van der Waals surface area contributed by atoms with Gasteiger partial charge >= 0.3 is 0 Å². The molecule has 2 aromatic carbocycles. The Balaban J connectivity index is 1.82. The first-order valence-electron chi connectivity index (χ1n) is 7.78. The number of benzene rings is 2. The molecule has 3 nitrogen and oxygen atoms in total. The van der Waals surface area contributed by atoms with Crippen LogP contribution < -0.4 is 4.90 Å². The van der Waals surface area contributed by atoms with Gasteiger partial charge in [-0.2, -0.15) is 0 Å². The van der Waals surface area contributed by atoms with Crippen molar-refractivity contribution >= 4 is 16.7 Å². The van der Waals surface area contributed by atoms with Crippen LogP contribution in [0.3, 0.4) is 0 Å². The molecule has 2 aromatic rings. The molecule has 3 rings (SSSR count). The molecule has 1 aliphatic heterocycles. The lowest BCUT2D eigenvalue weighted by Crippen LogP contribution is -3.17. The van der Waals surface area contributed by atoms with Crippen molar-refractivity contribution in [1.29, 1.82) is 0 Å². The van der Waals surface area contributed by atoms with E-state index in [1.165, 1.54) is 0 Å². The first-order chi connectivity index (χ1) is 10.2. The molecule has 0 aliphatic carbocycles. The zero-order valence-electron chi connectivity index (χ0n) is 12.8. The molecule has 0 atom stereocenters. The quantitative estimate of drug-likeness (QED) is 0.889. The summed E-state index contributed by atoms with van der Waals surface area (Å²) in [5.41, 5.74) is 0.834. The first-order valence-corrected chi connectivity index (χ1v) is 7.78. The average Bonchev–Trinajstić information content (AvgIpc) is 2.53. The van der Waals surface area contributed by atoms with E-state index in [-0.39, 0.29) is 5.91 Å². The molecule has 0 spiro atoms. The van der Waals surface area contributed by atoms with Crippen molar-refractivity contribution in [3.8, 4) is 0 Å². The summed E-state index contributed by atoms with van der Waals surface area (Å²) in [5.74, 6) is 0.176. The minimum Gasteiger partial charge on any atom is -0.330 e. The third-order valence-electron chi connectivity index (χ3n) is 4.53. The van der Waals surface area contributed by atoms with Gasteiger partial charge < -0.3 is 9.80 Å². The zero-order chi connectivity index (χ0) is 14.8. The average molecular weight is 283 g/mol. The lowest BCUT2D eigenvalue weighted by atomic mass is 10.0. The van der Waals surface area contributed by atoms with Gasteiger partial charge in [-0.05, 0) is 30.7 Å². The Kier molecular flexibility index (Phi) is 3.93. The lowest BCUT2D eigenvalue weighted by molar-refractivity contribution is -0.925. The van der Waals surface area contributed by atoms with Gasteiger partial charge in [-0.3, -0.25) is 4.79 Å². The van der Waals surface area contributed by atoms with Crippen molar-refractivity contribution in [2.45, 2.75) is 19.9 Å². The van der Waals surface area contributed by atoms with Crippen LogP contribution in [0.2, 0.25) is 0 Å². The summed E-state index contributed by atoms with van der Waals surface area (Å²) in [6, 6.07) is 14.7. The summed E-state index contributed by atoms with van der Waals surface area (Å²) >= 11 is 0. The van der Waals surface area contributed by atoms with Gasteiger partial charge in [-0.1, -0.05) is 36.4 Å². The van der Waals surface area contributed by atoms with Gasteiger partial charge in [0.25, 0.3) is 5.91 Å². The number of rotatable bonds is 2. The van der Waals surface area contributed by atoms with Gasteiger partial charge in [0.15, 0.2) is 0 Å². The van der Waals surface area contributed by atoms with Crippen molar-refractivity contribution < 1.29 is 9.69 Å². The number of piperazine rings is 1. The SMILES string of the molecule is CC(C)[NH+]1CCN(C(=O)c2cccc3ccccc23)CC1. The van der Waals surface area contributed by atoms with Gasteiger partial charge in [0.05, 0.1) is 32.2 Å². The van der Waals surface area contributed by atoms with E-state index in [1.807, 2.05) is 35.2 Å². The van der Waals surface area contributed by atoms with E-state index in [9.17, 15) is 4.79 Å². The van der Waals surface area contributed by atoms with Crippen LogP contribution >= 0.6 is 0 Å². The van der Waals surface area contributed by atoms with E-state index in [2.05, 4.69) is 26.0 Å². The van der Waals surface area contributed by atoms with Crippen LogP contribution in [0.15, 0.2) is 42.5 Å². The fraction of sp³-hybridized carbons (Fsp3) is 0.389. The molecular weight excluding hydrogens is 260 g/mol. The van der Waals surface area contributed by atoms with E-state index in [4.69, 9.17) is 0 Å². The number of quaternary nitrogens is 1. The maximum absolute atomic E-state index is 12.8. The van der Waals surface area contributed by atoms with Crippen LogP contribution in [0, 0.1) is 0 Å². The highest BCUT2D eigenvalue weighted by Crippen LogP contribution is 2.20. The van der Waals surface area contributed by atoms with Crippen LogP contribution in [0.1, 0.15) is 24.2 Å². The van der Waals surface area contributed by atoms with Crippen molar-refractivity contribution in [2.75, 3.05) is 26.2 Å². The molecule has 0 aromatic heterocycles. The molecule has 3 heteroatoms. The predicted molar refractivity (Wildman–Crippen MR) is 85.7 cm³/mol. The van der Waals surface area contributed by atoms with Crippen LogP contribution in [-0.4, -0.2) is 43.0 Å². The standard InChI is InChI=1S/C18H22N2O/c1-14(2)19-10-12-20(13-11-19)18(21)17-9-5-7-15-6-3-4-8-16(15)17/h3-9,14H,10-13H2,1-2H3/p+1. The Labute approximate surface area is 126 Å². The summed E-state index contributed by atoms with van der Waals surface area (Å²) in [7, 11) is 0. The van der Waals surface area contributed by atoms with Crippen molar-refractivity contribution in [1.82, 2.24) is 4.90 Å². The second kappa shape index (κ2) is 5.86. The summed E-state index contributed by atoms with van der Waals surface area (Å²) in [4.78, 5) is 16.4. The van der Waals surface area contributed by atoms with Crippen LogP contribution in [0.4, 0.5) is 0 Å². The van der Waals surface area contributed by atoms with Gasteiger partial charge in [0.1, 0.15) is 0 Å². The van der Waals surface area contributed by atoms with Gasteiger partial charge in [-0.15, -0.1) is 0 Å². The summed E-state index contributed by atoms with van der Waals surface area (Å²) in [6.45, 7) is 8.31. The zero-order valence-corrected chi connectivity index (χ0v) is 12.8.